The van der Waals surface area contributed by atoms with Crippen molar-refractivity contribution >= 4 is 8.80 Å². The minimum Gasteiger partial charge on any atom is -0.373 e. The zero-order valence-corrected chi connectivity index (χ0v) is 13.2. The lowest BCUT2D eigenvalue weighted by molar-refractivity contribution is 0.0582. The predicted octanol–water partition coefficient (Wildman–Crippen LogP) is 1.29. The highest BCUT2D eigenvalue weighted by molar-refractivity contribution is 6.60. The smallest absolute Gasteiger partial charge is 0.373 e. The number of hydrogen-bond donors (Lipinski definition) is 2. The van der Waals surface area contributed by atoms with E-state index in [4.69, 9.17) is 19.0 Å². The lowest BCUT2D eigenvalue weighted by atomic mass is 10.5. The van der Waals surface area contributed by atoms with Crippen molar-refractivity contribution in [2.24, 2.45) is 5.73 Å². The molecule has 5 nitrogen and oxygen atoms in total. The Balaban J connectivity index is 4.41. The Kier molecular flexibility index (Phi) is 12.1. The summed E-state index contributed by atoms with van der Waals surface area (Å²) in [7, 11) is -2.56. The van der Waals surface area contributed by atoms with Crippen molar-refractivity contribution in [2.45, 2.75) is 40.0 Å². The first-order valence-electron chi connectivity index (χ1n) is 7.07. The van der Waals surface area contributed by atoms with E-state index in [1.165, 1.54) is 0 Å². The quantitative estimate of drug-likeness (QED) is 0.392. The van der Waals surface area contributed by atoms with Crippen molar-refractivity contribution in [3.05, 3.63) is 0 Å². The summed E-state index contributed by atoms with van der Waals surface area (Å²) < 4.78 is 17.8. The molecule has 0 saturated heterocycles. The standard InChI is InChI=1S/C12H30N2O3Si/c1-4-9-15-18(16-10-5-2,17-11-6-3)12-14-8-7-13/h14H,4-13H2,1-3H3. The van der Waals surface area contributed by atoms with E-state index < -0.39 is 8.80 Å². The molecule has 0 aliphatic rings. The van der Waals surface area contributed by atoms with Crippen molar-refractivity contribution < 1.29 is 13.3 Å². The second kappa shape index (κ2) is 12.1. The van der Waals surface area contributed by atoms with Crippen LogP contribution in [0.5, 0.6) is 0 Å². The van der Waals surface area contributed by atoms with Crippen LogP contribution in [0.1, 0.15) is 40.0 Å². The SMILES string of the molecule is CCCO[Si](CNCCN)(OCCC)OCCC. The number of nitrogens with one attached hydrogen (secondary N) is 1. The molecule has 0 bridgehead atoms. The number of hydrogen-bond acceptors (Lipinski definition) is 5. The Bertz CT molecular complexity index is 163. The van der Waals surface area contributed by atoms with Gasteiger partial charge in [-0.25, -0.2) is 0 Å². The summed E-state index contributed by atoms with van der Waals surface area (Å²) in [5, 5.41) is 3.26. The molecule has 0 spiro atoms. The van der Waals surface area contributed by atoms with Crippen LogP contribution in [0.2, 0.25) is 0 Å². The highest BCUT2D eigenvalue weighted by atomic mass is 28.4. The topological polar surface area (TPSA) is 65.7 Å². The van der Waals surface area contributed by atoms with Gasteiger partial charge in [-0.3, -0.25) is 0 Å². The Morgan fingerprint density at radius 2 is 1.33 bits per heavy atom. The van der Waals surface area contributed by atoms with Crippen molar-refractivity contribution in [1.82, 2.24) is 5.32 Å². The molecule has 0 unspecified atom stereocenters. The Morgan fingerprint density at radius 3 is 1.67 bits per heavy atom. The summed E-state index contributed by atoms with van der Waals surface area (Å²) in [4.78, 5) is 0. The predicted molar refractivity (Wildman–Crippen MR) is 76.4 cm³/mol. The van der Waals surface area contributed by atoms with Gasteiger partial charge in [-0.05, 0) is 19.3 Å². The summed E-state index contributed by atoms with van der Waals surface area (Å²) in [6.45, 7) is 9.69. The van der Waals surface area contributed by atoms with Crippen LogP contribution < -0.4 is 11.1 Å². The fourth-order valence-electron chi connectivity index (χ4n) is 1.39. The van der Waals surface area contributed by atoms with Crippen LogP contribution in [0, 0.1) is 0 Å². The molecule has 6 heteroatoms. The van der Waals surface area contributed by atoms with Crippen LogP contribution in [0.15, 0.2) is 0 Å². The van der Waals surface area contributed by atoms with Crippen molar-refractivity contribution in [1.29, 1.82) is 0 Å². The monoisotopic (exact) mass is 278 g/mol. The molecule has 0 saturated carbocycles. The summed E-state index contributed by atoms with van der Waals surface area (Å²) in [5.74, 6) is 0. The normalized spacial score (nSPS) is 12.0. The molecule has 0 atom stereocenters. The molecule has 18 heavy (non-hydrogen) atoms. The Morgan fingerprint density at radius 1 is 0.889 bits per heavy atom. The molecule has 0 aliphatic heterocycles. The van der Waals surface area contributed by atoms with Crippen molar-refractivity contribution in [2.75, 3.05) is 39.1 Å². The van der Waals surface area contributed by atoms with Gasteiger partial charge in [0.05, 0.1) is 6.17 Å². The minimum absolute atomic E-state index is 0.611. The van der Waals surface area contributed by atoms with E-state index in [1.54, 1.807) is 0 Å². The van der Waals surface area contributed by atoms with Crippen LogP contribution in [0.25, 0.3) is 0 Å². The van der Waals surface area contributed by atoms with Crippen molar-refractivity contribution in [3.8, 4) is 0 Å². The van der Waals surface area contributed by atoms with E-state index >= 15 is 0 Å². The van der Waals surface area contributed by atoms with E-state index in [2.05, 4.69) is 26.1 Å². The molecule has 0 aromatic heterocycles. The largest absolute Gasteiger partial charge is 0.515 e. The maximum absolute atomic E-state index is 5.92. The average molecular weight is 278 g/mol. The van der Waals surface area contributed by atoms with Gasteiger partial charge in [-0.2, -0.15) is 0 Å². The first kappa shape index (κ1) is 18.0. The summed E-state index contributed by atoms with van der Waals surface area (Å²) in [6.07, 6.45) is 3.55. The molecule has 0 rings (SSSR count). The van der Waals surface area contributed by atoms with Gasteiger partial charge in [-0.15, -0.1) is 0 Å². The highest BCUT2D eigenvalue weighted by Crippen LogP contribution is 2.11. The van der Waals surface area contributed by atoms with Crippen LogP contribution in [-0.4, -0.2) is 47.9 Å². The van der Waals surface area contributed by atoms with Crippen LogP contribution in [-0.2, 0) is 13.3 Å². The second-order valence-electron chi connectivity index (χ2n) is 4.19. The van der Waals surface area contributed by atoms with Crippen LogP contribution in [0.3, 0.4) is 0 Å². The molecule has 0 radical (unpaired) electrons. The molecule has 0 fully saturated rings. The third kappa shape index (κ3) is 8.18. The highest BCUT2D eigenvalue weighted by Gasteiger charge is 2.40. The molecular formula is C12H30N2O3Si. The van der Waals surface area contributed by atoms with Gasteiger partial charge < -0.3 is 24.3 Å². The van der Waals surface area contributed by atoms with Gasteiger partial charge in [0, 0.05) is 32.9 Å². The first-order chi connectivity index (χ1) is 8.74. The molecule has 0 aromatic carbocycles. The summed E-state index contributed by atoms with van der Waals surface area (Å²) in [6, 6.07) is 0. The van der Waals surface area contributed by atoms with Gasteiger partial charge >= 0.3 is 8.80 Å². The van der Waals surface area contributed by atoms with E-state index in [9.17, 15) is 0 Å². The third-order valence-electron chi connectivity index (χ3n) is 2.24. The second-order valence-corrected chi connectivity index (χ2v) is 6.78. The first-order valence-corrected chi connectivity index (χ1v) is 9.00. The summed E-state index contributed by atoms with van der Waals surface area (Å²) >= 11 is 0. The van der Waals surface area contributed by atoms with E-state index in [0.29, 0.717) is 32.5 Å². The molecule has 3 N–H and O–H groups in total. The van der Waals surface area contributed by atoms with E-state index in [-0.39, 0.29) is 0 Å². The molecule has 0 amide bonds. The Labute approximate surface area is 113 Å². The molecule has 0 heterocycles. The van der Waals surface area contributed by atoms with Crippen LogP contribution in [0.4, 0.5) is 0 Å². The number of nitrogens with two attached hydrogens (primary N) is 1. The fourth-order valence-corrected chi connectivity index (χ4v) is 3.98. The maximum Gasteiger partial charge on any atom is 0.515 e. The van der Waals surface area contributed by atoms with Crippen molar-refractivity contribution in [3.63, 3.8) is 0 Å². The fraction of sp³-hybridized carbons (Fsp3) is 1.00. The Hall–Kier alpha value is 0.0169. The molecular weight excluding hydrogens is 248 g/mol. The average Bonchev–Trinajstić information content (AvgIpc) is 2.40. The summed E-state index contributed by atoms with van der Waals surface area (Å²) in [5.41, 5.74) is 5.49. The third-order valence-corrected chi connectivity index (χ3v) is 4.86. The molecule has 0 aliphatic carbocycles. The maximum atomic E-state index is 5.92. The minimum atomic E-state index is -2.56. The lowest BCUT2D eigenvalue weighted by Crippen LogP contribution is -2.55. The molecule has 0 aromatic rings. The van der Waals surface area contributed by atoms with Gasteiger partial charge in [0.1, 0.15) is 0 Å². The van der Waals surface area contributed by atoms with E-state index in [0.717, 1.165) is 25.8 Å². The molecule has 110 valence electrons. The van der Waals surface area contributed by atoms with Gasteiger partial charge in [0.15, 0.2) is 0 Å². The van der Waals surface area contributed by atoms with E-state index in [1.807, 2.05) is 0 Å². The zero-order valence-electron chi connectivity index (χ0n) is 12.2. The lowest BCUT2D eigenvalue weighted by Gasteiger charge is -2.29. The van der Waals surface area contributed by atoms with Crippen LogP contribution >= 0.6 is 0 Å². The van der Waals surface area contributed by atoms with Gasteiger partial charge in [0.2, 0.25) is 0 Å². The van der Waals surface area contributed by atoms with Gasteiger partial charge in [0.25, 0.3) is 0 Å². The zero-order chi connectivity index (χ0) is 13.7. The van der Waals surface area contributed by atoms with Gasteiger partial charge in [-0.1, -0.05) is 20.8 Å². The number of rotatable bonds is 13.